The van der Waals surface area contributed by atoms with Crippen LogP contribution in [-0.2, 0) is 9.53 Å². The van der Waals surface area contributed by atoms with Crippen LogP contribution in [0.3, 0.4) is 0 Å². The van der Waals surface area contributed by atoms with Gasteiger partial charge in [0.25, 0.3) is 0 Å². The van der Waals surface area contributed by atoms with Crippen LogP contribution in [0.1, 0.15) is 39.5 Å². The fraction of sp³-hybridized carbons (Fsp3) is 0.882. The number of hydrogen-bond donors (Lipinski definition) is 1. The predicted molar refractivity (Wildman–Crippen MR) is 89.2 cm³/mol. The minimum absolute atomic E-state index is 0.0195. The summed E-state index contributed by atoms with van der Waals surface area (Å²) in [4.78, 5) is 28.3. The van der Waals surface area contributed by atoms with Gasteiger partial charge in [0, 0.05) is 38.6 Å². The molecule has 0 bridgehead atoms. The molecule has 0 atom stereocenters. The van der Waals surface area contributed by atoms with Gasteiger partial charge in [0.05, 0.1) is 13.2 Å². The van der Waals surface area contributed by atoms with Crippen molar-refractivity contribution in [3.05, 3.63) is 0 Å². The van der Waals surface area contributed by atoms with E-state index in [0.717, 1.165) is 32.2 Å². The molecule has 2 aliphatic rings. The lowest BCUT2D eigenvalue weighted by Gasteiger charge is -2.35. The van der Waals surface area contributed by atoms with Crippen LogP contribution >= 0.6 is 0 Å². The second-order valence-electron chi connectivity index (χ2n) is 6.97. The highest BCUT2D eigenvalue weighted by Crippen LogP contribution is 2.20. The molecule has 0 aromatic rings. The van der Waals surface area contributed by atoms with Gasteiger partial charge in [-0.25, -0.2) is 4.79 Å². The minimum atomic E-state index is 0.0195. The molecule has 0 unspecified atom stereocenters. The van der Waals surface area contributed by atoms with Crippen molar-refractivity contribution in [3.8, 4) is 0 Å². The first-order valence-electron chi connectivity index (χ1n) is 8.97. The number of ether oxygens (including phenoxy) is 1. The third-order valence-electron chi connectivity index (χ3n) is 4.69. The van der Waals surface area contributed by atoms with Crippen molar-refractivity contribution in [2.75, 3.05) is 45.9 Å². The highest BCUT2D eigenvalue weighted by molar-refractivity contribution is 5.80. The number of carbonyl (C=O) groups excluding carboxylic acids is 2. The zero-order chi connectivity index (χ0) is 16.7. The van der Waals surface area contributed by atoms with E-state index in [2.05, 4.69) is 19.2 Å². The Bertz CT molecular complexity index is 387. The van der Waals surface area contributed by atoms with Crippen LogP contribution in [-0.4, -0.2) is 67.7 Å². The summed E-state index contributed by atoms with van der Waals surface area (Å²) in [7, 11) is 0. The summed E-state index contributed by atoms with van der Waals surface area (Å²) in [5.41, 5.74) is 0. The van der Waals surface area contributed by atoms with Crippen molar-refractivity contribution in [1.29, 1.82) is 0 Å². The second kappa shape index (κ2) is 9.11. The Morgan fingerprint density at radius 2 is 1.74 bits per heavy atom. The molecule has 6 heteroatoms. The number of urea groups is 1. The summed E-state index contributed by atoms with van der Waals surface area (Å²) in [5.74, 6) is 0.984. The maximum Gasteiger partial charge on any atom is 0.317 e. The number of amides is 3. The molecule has 6 nitrogen and oxygen atoms in total. The first kappa shape index (κ1) is 18.0. The number of hydrogen-bond acceptors (Lipinski definition) is 3. The van der Waals surface area contributed by atoms with Crippen LogP contribution < -0.4 is 5.32 Å². The van der Waals surface area contributed by atoms with Crippen molar-refractivity contribution in [3.63, 3.8) is 0 Å². The molecule has 2 aliphatic heterocycles. The fourth-order valence-electron chi connectivity index (χ4n) is 3.19. The Balaban J connectivity index is 1.66. The Morgan fingerprint density at radius 1 is 1.09 bits per heavy atom. The van der Waals surface area contributed by atoms with Crippen molar-refractivity contribution >= 4 is 11.9 Å². The Morgan fingerprint density at radius 3 is 2.35 bits per heavy atom. The lowest BCUT2D eigenvalue weighted by atomic mass is 9.95. The minimum Gasteiger partial charge on any atom is -0.378 e. The third-order valence-corrected chi connectivity index (χ3v) is 4.69. The summed E-state index contributed by atoms with van der Waals surface area (Å²) in [6, 6.07) is 0.0195. The van der Waals surface area contributed by atoms with E-state index in [4.69, 9.17) is 4.74 Å². The average molecular weight is 325 g/mol. The summed E-state index contributed by atoms with van der Waals surface area (Å²) < 4.78 is 5.29. The van der Waals surface area contributed by atoms with Gasteiger partial charge >= 0.3 is 6.03 Å². The van der Waals surface area contributed by atoms with Gasteiger partial charge < -0.3 is 19.9 Å². The summed E-state index contributed by atoms with van der Waals surface area (Å²) in [5, 5.41) is 2.99. The monoisotopic (exact) mass is 325 g/mol. The highest BCUT2D eigenvalue weighted by atomic mass is 16.5. The van der Waals surface area contributed by atoms with E-state index in [0.29, 0.717) is 45.3 Å². The van der Waals surface area contributed by atoms with Gasteiger partial charge in [-0.05, 0) is 31.6 Å². The van der Waals surface area contributed by atoms with Crippen LogP contribution in [0.4, 0.5) is 4.79 Å². The molecule has 0 saturated carbocycles. The average Bonchev–Trinajstić information content (AvgIpc) is 2.58. The summed E-state index contributed by atoms with van der Waals surface area (Å²) >= 11 is 0. The van der Waals surface area contributed by atoms with E-state index in [9.17, 15) is 9.59 Å². The van der Waals surface area contributed by atoms with Crippen LogP contribution in [0, 0.1) is 11.8 Å². The zero-order valence-corrected chi connectivity index (χ0v) is 14.6. The Kier molecular flexibility index (Phi) is 7.15. The molecule has 2 saturated heterocycles. The van der Waals surface area contributed by atoms with Crippen molar-refractivity contribution in [2.45, 2.75) is 39.5 Å². The van der Waals surface area contributed by atoms with Gasteiger partial charge in [-0.3, -0.25) is 4.79 Å². The molecule has 0 radical (unpaired) electrons. The summed E-state index contributed by atoms with van der Waals surface area (Å²) in [6.45, 7) is 9.17. The van der Waals surface area contributed by atoms with Crippen molar-refractivity contribution in [1.82, 2.24) is 15.1 Å². The van der Waals surface area contributed by atoms with Gasteiger partial charge in [0.15, 0.2) is 0 Å². The van der Waals surface area contributed by atoms with Crippen LogP contribution in [0.2, 0.25) is 0 Å². The lowest BCUT2D eigenvalue weighted by molar-refractivity contribution is -0.141. The van der Waals surface area contributed by atoms with E-state index in [1.54, 1.807) is 0 Å². The molecule has 0 aliphatic carbocycles. The van der Waals surface area contributed by atoms with E-state index in [1.165, 1.54) is 0 Å². The predicted octanol–water partition coefficient (Wildman–Crippen LogP) is 1.70. The highest BCUT2D eigenvalue weighted by Gasteiger charge is 2.30. The normalized spacial score (nSPS) is 20.0. The van der Waals surface area contributed by atoms with Gasteiger partial charge in [-0.15, -0.1) is 0 Å². The molecule has 3 amide bonds. The SMILES string of the molecule is CC(C)CCCNC(=O)N1CCC(C(=O)N2CCOCC2)CC1. The second-order valence-corrected chi connectivity index (χ2v) is 6.97. The standard InChI is InChI=1S/C17H31N3O3/c1-14(2)4-3-7-18-17(22)20-8-5-15(6-9-20)16(21)19-10-12-23-13-11-19/h14-15H,3-13H2,1-2H3,(H,18,22). The first-order chi connectivity index (χ1) is 11.1. The van der Waals surface area contributed by atoms with E-state index in [1.807, 2.05) is 9.80 Å². The molecule has 2 heterocycles. The molecule has 0 aromatic carbocycles. The molecule has 23 heavy (non-hydrogen) atoms. The molecule has 2 fully saturated rings. The molecule has 0 aromatic heterocycles. The van der Waals surface area contributed by atoms with E-state index in [-0.39, 0.29) is 17.9 Å². The zero-order valence-electron chi connectivity index (χ0n) is 14.6. The molecular weight excluding hydrogens is 294 g/mol. The molecular formula is C17H31N3O3. The number of likely N-dealkylation sites (tertiary alicyclic amines) is 1. The number of nitrogens with zero attached hydrogens (tertiary/aromatic N) is 2. The summed E-state index contributed by atoms with van der Waals surface area (Å²) in [6.07, 6.45) is 3.71. The molecule has 132 valence electrons. The first-order valence-corrected chi connectivity index (χ1v) is 8.97. The smallest absolute Gasteiger partial charge is 0.317 e. The van der Waals surface area contributed by atoms with Gasteiger partial charge in [0.1, 0.15) is 0 Å². The molecule has 0 spiro atoms. The van der Waals surface area contributed by atoms with Gasteiger partial charge in [-0.2, -0.15) is 0 Å². The topological polar surface area (TPSA) is 61.9 Å². The van der Waals surface area contributed by atoms with Gasteiger partial charge in [-0.1, -0.05) is 13.8 Å². The van der Waals surface area contributed by atoms with Crippen LogP contribution in [0.15, 0.2) is 0 Å². The maximum atomic E-state index is 12.5. The van der Waals surface area contributed by atoms with Gasteiger partial charge in [0.2, 0.25) is 5.91 Å². The largest absolute Gasteiger partial charge is 0.378 e. The van der Waals surface area contributed by atoms with Crippen LogP contribution in [0.5, 0.6) is 0 Å². The number of morpholine rings is 1. The van der Waals surface area contributed by atoms with E-state index >= 15 is 0 Å². The quantitative estimate of drug-likeness (QED) is 0.783. The number of rotatable bonds is 5. The van der Waals surface area contributed by atoms with Crippen molar-refractivity contribution in [2.24, 2.45) is 11.8 Å². The van der Waals surface area contributed by atoms with E-state index < -0.39 is 0 Å². The van der Waals surface area contributed by atoms with Crippen molar-refractivity contribution < 1.29 is 14.3 Å². The number of piperidine rings is 1. The number of carbonyl (C=O) groups is 2. The van der Waals surface area contributed by atoms with Crippen LogP contribution in [0.25, 0.3) is 0 Å². The number of nitrogens with one attached hydrogen (secondary N) is 1. The Hall–Kier alpha value is -1.30. The molecule has 2 rings (SSSR count). The Labute approximate surface area is 139 Å². The third kappa shape index (κ3) is 5.68. The fourth-order valence-corrected chi connectivity index (χ4v) is 3.19. The maximum absolute atomic E-state index is 12.5. The molecule has 1 N–H and O–H groups in total. The lowest BCUT2D eigenvalue weighted by Crippen LogP contribution is -2.49.